The largest absolute Gasteiger partial charge is 0.497 e. The van der Waals surface area contributed by atoms with Crippen LogP contribution >= 0.6 is 11.3 Å². The number of benzene rings is 1. The van der Waals surface area contributed by atoms with E-state index in [0.29, 0.717) is 17.3 Å². The fraction of sp³-hybridized carbons (Fsp3) is 0.500. The molecule has 1 aliphatic heterocycles. The third kappa shape index (κ3) is 4.23. The van der Waals surface area contributed by atoms with Gasteiger partial charge in [-0.3, -0.25) is 0 Å². The Morgan fingerprint density at radius 1 is 1.28 bits per heavy atom. The molecule has 1 unspecified atom stereocenters. The number of hydrogen-bond acceptors (Lipinski definition) is 7. The van der Waals surface area contributed by atoms with Crippen LogP contribution in [0.4, 0.5) is 5.13 Å². The lowest BCUT2D eigenvalue weighted by molar-refractivity contribution is 0.140. The molecule has 6 nitrogen and oxygen atoms in total. The van der Waals surface area contributed by atoms with Gasteiger partial charge in [0.15, 0.2) is 5.13 Å². The summed E-state index contributed by atoms with van der Waals surface area (Å²) in [5.41, 5.74) is 7.73. The predicted octanol–water partition coefficient (Wildman–Crippen LogP) is 2.27. The molecule has 2 heterocycles. The fourth-order valence-electron chi connectivity index (χ4n) is 3.21. The molecule has 136 valence electrons. The molecule has 2 aromatic rings. The lowest BCUT2D eigenvalue weighted by Gasteiger charge is -2.22. The Balaban J connectivity index is 1.57. The molecule has 0 saturated heterocycles. The molecule has 0 bridgehead atoms. The lowest BCUT2D eigenvalue weighted by Crippen LogP contribution is -2.28. The molecule has 3 N–H and O–H groups in total. The highest BCUT2D eigenvalue weighted by molar-refractivity contribution is 7.15. The smallest absolute Gasteiger partial charge is 0.180 e. The zero-order valence-electron chi connectivity index (χ0n) is 14.7. The maximum Gasteiger partial charge on any atom is 0.180 e. The second-order valence-electron chi connectivity index (χ2n) is 6.18. The van der Waals surface area contributed by atoms with E-state index in [0.717, 1.165) is 49.5 Å². The van der Waals surface area contributed by atoms with Gasteiger partial charge in [0.1, 0.15) is 11.5 Å². The van der Waals surface area contributed by atoms with Crippen LogP contribution in [0.2, 0.25) is 0 Å². The third-order valence-electron chi connectivity index (χ3n) is 4.63. The van der Waals surface area contributed by atoms with Crippen LogP contribution in [-0.2, 0) is 12.8 Å². The van der Waals surface area contributed by atoms with Gasteiger partial charge in [-0.2, -0.15) is 0 Å². The van der Waals surface area contributed by atoms with Crippen molar-refractivity contribution < 1.29 is 14.6 Å². The molecule has 0 saturated carbocycles. The highest BCUT2D eigenvalue weighted by atomic mass is 32.1. The average molecular weight is 363 g/mol. The SMILES string of the molecule is COc1ccc(C(O)CCN2CCc3nc(N)sc3CC2)c(OC)c1. The topological polar surface area (TPSA) is 80.8 Å². The summed E-state index contributed by atoms with van der Waals surface area (Å²) in [6, 6.07) is 5.52. The van der Waals surface area contributed by atoms with Gasteiger partial charge in [-0.1, -0.05) is 0 Å². The van der Waals surface area contributed by atoms with E-state index in [1.807, 2.05) is 12.1 Å². The minimum Gasteiger partial charge on any atom is -0.497 e. The molecular formula is C18H25N3O3S. The van der Waals surface area contributed by atoms with Crippen LogP contribution in [0.3, 0.4) is 0 Å². The van der Waals surface area contributed by atoms with Gasteiger partial charge >= 0.3 is 0 Å². The van der Waals surface area contributed by atoms with E-state index in [2.05, 4.69) is 9.88 Å². The standard InChI is InChI=1S/C18H25N3O3S/c1-23-12-3-4-13(16(11-12)24-2)15(22)6-9-21-8-5-14-17(7-10-21)25-18(19)20-14/h3-4,11,15,22H,5-10H2,1-2H3,(H2,19,20). The number of aliphatic hydroxyl groups excluding tert-OH is 1. The van der Waals surface area contributed by atoms with Gasteiger partial charge in [-0.25, -0.2) is 4.98 Å². The minimum atomic E-state index is -0.563. The zero-order chi connectivity index (χ0) is 17.8. The number of ether oxygens (including phenoxy) is 2. The first kappa shape index (κ1) is 18.0. The highest BCUT2D eigenvalue weighted by Crippen LogP contribution is 2.31. The first-order chi connectivity index (χ1) is 12.1. The summed E-state index contributed by atoms with van der Waals surface area (Å²) >= 11 is 1.60. The Morgan fingerprint density at radius 3 is 2.84 bits per heavy atom. The van der Waals surface area contributed by atoms with Gasteiger partial charge in [0, 0.05) is 42.6 Å². The van der Waals surface area contributed by atoms with Crippen LogP contribution in [0.15, 0.2) is 18.2 Å². The normalized spacial score (nSPS) is 16.1. The number of nitrogen functional groups attached to an aromatic ring is 1. The van der Waals surface area contributed by atoms with Crippen LogP contribution in [0.1, 0.15) is 28.7 Å². The van der Waals surface area contributed by atoms with Crippen molar-refractivity contribution in [1.82, 2.24) is 9.88 Å². The Morgan fingerprint density at radius 2 is 2.08 bits per heavy atom. The molecule has 3 rings (SSSR count). The second kappa shape index (κ2) is 8.03. The fourth-order valence-corrected chi connectivity index (χ4v) is 4.07. The van der Waals surface area contributed by atoms with Crippen LogP contribution < -0.4 is 15.2 Å². The summed E-state index contributed by atoms with van der Waals surface area (Å²) in [4.78, 5) is 8.10. The summed E-state index contributed by atoms with van der Waals surface area (Å²) in [5, 5.41) is 11.3. The van der Waals surface area contributed by atoms with Gasteiger partial charge in [0.2, 0.25) is 0 Å². The van der Waals surface area contributed by atoms with Gasteiger partial charge in [-0.05, 0) is 25.0 Å². The molecule has 0 aliphatic carbocycles. The molecule has 1 aromatic carbocycles. The van der Waals surface area contributed by atoms with Gasteiger partial charge < -0.3 is 25.2 Å². The number of hydrogen-bond donors (Lipinski definition) is 2. The molecule has 0 amide bonds. The number of aliphatic hydroxyl groups is 1. The predicted molar refractivity (Wildman–Crippen MR) is 99.5 cm³/mol. The summed E-state index contributed by atoms with van der Waals surface area (Å²) < 4.78 is 10.6. The summed E-state index contributed by atoms with van der Waals surface area (Å²) in [6.07, 6.45) is 2.00. The maximum atomic E-state index is 10.6. The zero-order valence-corrected chi connectivity index (χ0v) is 15.5. The number of rotatable bonds is 6. The quantitative estimate of drug-likeness (QED) is 0.819. The van der Waals surface area contributed by atoms with E-state index in [-0.39, 0.29) is 0 Å². The maximum absolute atomic E-state index is 10.6. The Labute approximate surface area is 152 Å². The van der Waals surface area contributed by atoms with E-state index in [4.69, 9.17) is 15.2 Å². The van der Waals surface area contributed by atoms with E-state index in [1.54, 1.807) is 31.6 Å². The number of fused-ring (bicyclic) bond motifs is 1. The number of nitrogens with zero attached hydrogens (tertiary/aromatic N) is 2. The minimum absolute atomic E-state index is 0.563. The number of anilines is 1. The van der Waals surface area contributed by atoms with E-state index >= 15 is 0 Å². The number of aromatic nitrogens is 1. The van der Waals surface area contributed by atoms with Crippen molar-refractivity contribution in [2.45, 2.75) is 25.4 Å². The monoisotopic (exact) mass is 363 g/mol. The lowest BCUT2D eigenvalue weighted by atomic mass is 10.0. The summed E-state index contributed by atoms with van der Waals surface area (Å²) in [7, 11) is 3.22. The number of nitrogens with two attached hydrogens (primary N) is 1. The van der Waals surface area contributed by atoms with E-state index in [1.165, 1.54) is 4.88 Å². The summed E-state index contributed by atoms with van der Waals surface area (Å²) in [6.45, 7) is 2.75. The molecule has 0 spiro atoms. The van der Waals surface area contributed by atoms with Crippen LogP contribution in [0.25, 0.3) is 0 Å². The van der Waals surface area contributed by atoms with Crippen molar-refractivity contribution in [1.29, 1.82) is 0 Å². The van der Waals surface area contributed by atoms with Crippen LogP contribution in [0.5, 0.6) is 11.5 Å². The van der Waals surface area contributed by atoms with Gasteiger partial charge in [-0.15, -0.1) is 11.3 Å². The van der Waals surface area contributed by atoms with Crippen molar-refractivity contribution in [2.75, 3.05) is 39.6 Å². The molecule has 0 fully saturated rings. The Kier molecular flexibility index (Phi) is 5.78. The second-order valence-corrected chi connectivity index (χ2v) is 7.29. The van der Waals surface area contributed by atoms with Crippen molar-refractivity contribution >= 4 is 16.5 Å². The number of thiazole rings is 1. The van der Waals surface area contributed by atoms with Crippen molar-refractivity contribution in [3.63, 3.8) is 0 Å². The summed E-state index contributed by atoms with van der Waals surface area (Å²) in [5.74, 6) is 1.38. The third-order valence-corrected chi connectivity index (χ3v) is 5.62. The van der Waals surface area contributed by atoms with E-state index in [9.17, 15) is 5.11 Å². The molecule has 0 radical (unpaired) electrons. The number of methoxy groups -OCH3 is 2. The first-order valence-corrected chi connectivity index (χ1v) is 9.28. The average Bonchev–Trinajstić information content (AvgIpc) is 2.89. The molecular weight excluding hydrogens is 338 g/mol. The van der Waals surface area contributed by atoms with Crippen molar-refractivity contribution in [2.24, 2.45) is 0 Å². The van der Waals surface area contributed by atoms with E-state index < -0.39 is 6.10 Å². The molecule has 1 aromatic heterocycles. The van der Waals surface area contributed by atoms with Crippen LogP contribution in [0, 0.1) is 0 Å². The molecule has 7 heteroatoms. The van der Waals surface area contributed by atoms with Crippen molar-refractivity contribution in [3.05, 3.63) is 34.3 Å². The first-order valence-electron chi connectivity index (χ1n) is 8.47. The Bertz CT molecular complexity index is 694. The van der Waals surface area contributed by atoms with Gasteiger partial charge in [0.25, 0.3) is 0 Å². The van der Waals surface area contributed by atoms with Crippen LogP contribution in [-0.4, -0.2) is 48.8 Å². The molecule has 25 heavy (non-hydrogen) atoms. The van der Waals surface area contributed by atoms with Gasteiger partial charge in [0.05, 0.1) is 26.0 Å². The Hall–Kier alpha value is -1.83. The molecule has 1 aliphatic rings. The molecule has 1 atom stereocenters. The highest BCUT2D eigenvalue weighted by Gasteiger charge is 2.20. The van der Waals surface area contributed by atoms with Crippen molar-refractivity contribution in [3.8, 4) is 11.5 Å².